The lowest BCUT2D eigenvalue weighted by Gasteiger charge is -2.66. The Morgan fingerprint density at radius 3 is 2.53 bits per heavy atom. The van der Waals surface area contributed by atoms with Crippen LogP contribution in [0, 0.1) is 57.7 Å². The van der Waals surface area contributed by atoms with Gasteiger partial charge in [-0.25, -0.2) is 0 Å². The first-order valence-electron chi connectivity index (χ1n) is 14.0. The summed E-state index contributed by atoms with van der Waals surface area (Å²) in [5.41, 5.74) is 0.928. The van der Waals surface area contributed by atoms with E-state index in [9.17, 15) is 10.2 Å². The fraction of sp³-hybridized carbons (Fsp3) is 0.812. The summed E-state index contributed by atoms with van der Waals surface area (Å²) in [6, 6.07) is 0. The first-order valence-corrected chi connectivity index (χ1v) is 14.0. The van der Waals surface area contributed by atoms with Gasteiger partial charge in [-0.1, -0.05) is 57.3 Å². The molecule has 0 spiro atoms. The van der Waals surface area contributed by atoms with E-state index in [2.05, 4.69) is 52.3 Å². The summed E-state index contributed by atoms with van der Waals surface area (Å²) in [7, 11) is 0. The van der Waals surface area contributed by atoms with Crippen LogP contribution in [0.15, 0.2) is 24.3 Å². The van der Waals surface area contributed by atoms with Gasteiger partial charge in [0.2, 0.25) is 0 Å². The van der Waals surface area contributed by atoms with Gasteiger partial charge in [0.05, 0.1) is 17.1 Å². The number of aliphatic hydroxyl groups is 2. The number of fused-ring (bicyclic) bond motifs is 5. The Morgan fingerprint density at radius 1 is 1.21 bits per heavy atom. The predicted molar refractivity (Wildman–Crippen MR) is 142 cm³/mol. The van der Waals surface area contributed by atoms with Crippen molar-refractivity contribution in [2.75, 3.05) is 0 Å². The van der Waals surface area contributed by atoms with Crippen molar-refractivity contribution in [3.8, 4) is 12.3 Å². The van der Waals surface area contributed by atoms with Crippen molar-refractivity contribution in [1.29, 1.82) is 0 Å². The van der Waals surface area contributed by atoms with E-state index in [1.54, 1.807) is 0 Å². The molecule has 2 nitrogen and oxygen atoms in total. The molecule has 4 rings (SSSR count). The Balaban J connectivity index is 1.65. The molecular formula is C32H50O2. The standard InChI is InChI=1S/C32H50O2/c1-9-29(6)24-13-15-26-30(7,25(24)14-16-27(29)33)20-21-31(8)23(17-19-32(26,31)10-2)22(3)12-11-18-28(4,5)34/h1,10,13,22-23,25-27,33-34H,2,11-12,14-21H2,3-8H3/t22-,23?,25?,26?,27+,29+,30+,31-,32+/m1/s1. The molecule has 2 N–H and O–H groups in total. The summed E-state index contributed by atoms with van der Waals surface area (Å²) in [6.45, 7) is 18.1. The minimum absolute atomic E-state index is 0.166. The van der Waals surface area contributed by atoms with Crippen molar-refractivity contribution >= 4 is 0 Å². The maximum Gasteiger partial charge on any atom is 0.0753 e. The molecule has 0 aromatic carbocycles. The largest absolute Gasteiger partial charge is 0.391 e. The number of hydrogen-bond acceptors (Lipinski definition) is 2. The lowest BCUT2D eigenvalue weighted by Crippen LogP contribution is -2.59. The van der Waals surface area contributed by atoms with Gasteiger partial charge in [0.15, 0.2) is 0 Å². The fourth-order valence-corrected chi connectivity index (χ4v) is 9.76. The van der Waals surface area contributed by atoms with E-state index in [0.717, 1.165) is 32.1 Å². The van der Waals surface area contributed by atoms with Crippen LogP contribution in [0.1, 0.15) is 106 Å². The van der Waals surface area contributed by atoms with Crippen LogP contribution in [0.4, 0.5) is 0 Å². The van der Waals surface area contributed by atoms with Gasteiger partial charge in [-0.2, -0.15) is 0 Å². The molecular weight excluding hydrogens is 416 g/mol. The number of hydrogen-bond donors (Lipinski definition) is 2. The van der Waals surface area contributed by atoms with Crippen molar-refractivity contribution in [2.45, 2.75) is 117 Å². The molecule has 0 aromatic heterocycles. The summed E-state index contributed by atoms with van der Waals surface area (Å²) in [4.78, 5) is 0. The zero-order chi connectivity index (χ0) is 25.2. The van der Waals surface area contributed by atoms with Crippen molar-refractivity contribution < 1.29 is 10.2 Å². The molecule has 9 atom stereocenters. The Kier molecular flexibility index (Phi) is 6.52. The summed E-state index contributed by atoms with van der Waals surface area (Å²) in [6.07, 6.45) is 21.6. The molecule has 4 aliphatic carbocycles. The first-order chi connectivity index (χ1) is 15.8. The quantitative estimate of drug-likeness (QED) is 0.318. The molecule has 3 unspecified atom stereocenters. The van der Waals surface area contributed by atoms with Gasteiger partial charge in [0.1, 0.15) is 0 Å². The SMILES string of the molecule is C#C[C@@]1(C)C2=CCC3[C@@](C)(CC[C@]4(C)C([C@H](C)CCCC(C)(C)O)CC[C@@]34C=C)C2CC[C@@H]1O. The lowest BCUT2D eigenvalue weighted by atomic mass is 9.38. The third kappa shape index (κ3) is 3.59. The summed E-state index contributed by atoms with van der Waals surface area (Å²) in [5.74, 6) is 5.46. The van der Waals surface area contributed by atoms with Crippen molar-refractivity contribution in [2.24, 2.45) is 45.3 Å². The Labute approximate surface area is 209 Å². The molecule has 3 fully saturated rings. The second kappa shape index (κ2) is 8.52. The second-order valence-corrected chi connectivity index (χ2v) is 13.9. The smallest absolute Gasteiger partial charge is 0.0753 e. The van der Waals surface area contributed by atoms with Crippen LogP contribution in [0.25, 0.3) is 0 Å². The van der Waals surface area contributed by atoms with Crippen molar-refractivity contribution in [1.82, 2.24) is 0 Å². The fourth-order valence-electron chi connectivity index (χ4n) is 9.76. The van der Waals surface area contributed by atoms with Gasteiger partial charge in [-0.15, -0.1) is 13.0 Å². The Bertz CT molecular complexity index is 872. The summed E-state index contributed by atoms with van der Waals surface area (Å²) in [5, 5.41) is 21.0. The Morgan fingerprint density at radius 2 is 1.91 bits per heavy atom. The lowest BCUT2D eigenvalue weighted by molar-refractivity contribution is -0.129. The van der Waals surface area contributed by atoms with Gasteiger partial charge < -0.3 is 10.2 Å². The first kappa shape index (κ1) is 26.0. The van der Waals surface area contributed by atoms with Crippen LogP contribution >= 0.6 is 0 Å². The van der Waals surface area contributed by atoms with Crippen LogP contribution in [-0.2, 0) is 0 Å². The zero-order valence-electron chi connectivity index (χ0n) is 22.8. The molecule has 0 aliphatic heterocycles. The van der Waals surface area contributed by atoms with Crippen LogP contribution in [0.3, 0.4) is 0 Å². The van der Waals surface area contributed by atoms with Crippen LogP contribution in [0.2, 0.25) is 0 Å². The number of aliphatic hydroxyl groups excluding tert-OH is 1. The van der Waals surface area contributed by atoms with E-state index >= 15 is 0 Å². The van der Waals surface area contributed by atoms with E-state index < -0.39 is 17.1 Å². The van der Waals surface area contributed by atoms with Crippen LogP contribution in [0.5, 0.6) is 0 Å². The molecule has 0 heterocycles. The molecule has 0 bridgehead atoms. The molecule has 190 valence electrons. The second-order valence-electron chi connectivity index (χ2n) is 13.9. The maximum atomic E-state index is 10.8. The van der Waals surface area contributed by atoms with Gasteiger partial charge in [0.25, 0.3) is 0 Å². The minimum atomic E-state index is -0.566. The van der Waals surface area contributed by atoms with E-state index in [-0.39, 0.29) is 16.2 Å². The molecule has 0 amide bonds. The maximum absolute atomic E-state index is 10.8. The highest BCUT2D eigenvalue weighted by molar-refractivity contribution is 5.37. The van der Waals surface area contributed by atoms with E-state index in [0.29, 0.717) is 23.7 Å². The molecule has 0 aromatic rings. The van der Waals surface area contributed by atoms with E-state index in [1.807, 2.05) is 13.8 Å². The third-order valence-electron chi connectivity index (χ3n) is 11.9. The normalized spacial score (nSPS) is 47.0. The Hall–Kier alpha value is -1.04. The molecule has 4 aliphatic rings. The third-order valence-corrected chi connectivity index (χ3v) is 11.9. The van der Waals surface area contributed by atoms with Gasteiger partial charge >= 0.3 is 0 Å². The van der Waals surface area contributed by atoms with Gasteiger partial charge in [-0.05, 0) is 112 Å². The average Bonchev–Trinajstić information content (AvgIpc) is 3.08. The number of allylic oxidation sites excluding steroid dienone is 2. The zero-order valence-corrected chi connectivity index (χ0v) is 22.8. The average molecular weight is 467 g/mol. The van der Waals surface area contributed by atoms with Gasteiger partial charge in [-0.3, -0.25) is 0 Å². The molecule has 34 heavy (non-hydrogen) atoms. The number of terminal acetylenes is 1. The molecule has 0 radical (unpaired) electrons. The van der Waals surface area contributed by atoms with E-state index in [1.165, 1.54) is 37.7 Å². The van der Waals surface area contributed by atoms with Gasteiger partial charge in [0, 0.05) is 0 Å². The molecule has 0 saturated heterocycles. The minimum Gasteiger partial charge on any atom is -0.391 e. The summed E-state index contributed by atoms with van der Waals surface area (Å²) < 4.78 is 0. The molecule has 3 saturated carbocycles. The highest BCUT2D eigenvalue weighted by Crippen LogP contribution is 2.75. The van der Waals surface area contributed by atoms with Crippen molar-refractivity contribution in [3.63, 3.8) is 0 Å². The monoisotopic (exact) mass is 466 g/mol. The van der Waals surface area contributed by atoms with Crippen molar-refractivity contribution in [3.05, 3.63) is 24.3 Å². The van der Waals surface area contributed by atoms with Crippen LogP contribution < -0.4 is 0 Å². The predicted octanol–water partition coefficient (Wildman–Crippen LogP) is 7.31. The highest BCUT2D eigenvalue weighted by Gasteiger charge is 2.68. The van der Waals surface area contributed by atoms with E-state index in [4.69, 9.17) is 6.42 Å². The van der Waals surface area contributed by atoms with Crippen LogP contribution in [-0.4, -0.2) is 21.9 Å². The number of rotatable bonds is 6. The molecule has 2 heteroatoms. The topological polar surface area (TPSA) is 40.5 Å². The summed E-state index contributed by atoms with van der Waals surface area (Å²) >= 11 is 0. The highest BCUT2D eigenvalue weighted by atomic mass is 16.3.